The summed E-state index contributed by atoms with van der Waals surface area (Å²) in [6, 6.07) is 58.3. The Morgan fingerprint density at radius 1 is 0.407 bits per heavy atom. The van der Waals surface area contributed by atoms with Crippen molar-refractivity contribution in [2.75, 3.05) is 191 Å². The van der Waals surface area contributed by atoms with Crippen LogP contribution in [-0.4, -0.2) is 268 Å². The van der Waals surface area contributed by atoms with E-state index in [1.54, 1.807) is 9.80 Å². The van der Waals surface area contributed by atoms with Gasteiger partial charge in [-0.25, -0.2) is 19.2 Å². The van der Waals surface area contributed by atoms with Gasteiger partial charge in [0.05, 0.1) is 6.61 Å². The molecule has 6 aromatic carbocycles. The topological polar surface area (TPSA) is 190 Å². The Morgan fingerprint density at radius 3 is 1.04 bits per heavy atom. The van der Waals surface area contributed by atoms with E-state index in [1.807, 2.05) is 67.2 Å². The second kappa shape index (κ2) is 48.9. The summed E-state index contributed by atoms with van der Waals surface area (Å²) in [5.74, 6) is -2.76. The Bertz CT molecular complexity index is 3550. The number of rotatable bonds is 13. The zero-order valence-electron chi connectivity index (χ0n) is 67.0. The van der Waals surface area contributed by atoms with Crippen LogP contribution >= 0.6 is 87.6 Å². The minimum atomic E-state index is -5.08. The lowest BCUT2D eigenvalue weighted by Crippen LogP contribution is -2.51. The fourth-order valence-corrected chi connectivity index (χ4v) is 15.7. The van der Waals surface area contributed by atoms with E-state index in [0.717, 1.165) is 123 Å². The van der Waals surface area contributed by atoms with Gasteiger partial charge in [0.15, 0.2) is 1.05 Å². The number of hydrogen-bond acceptors (Lipinski definition) is 16. The standard InChI is InChI=1S/C19H29N3O2.C18H15P.C14H21N3.C11H21BrN2O2.C11H22N2O3.C8H9N.C2HF3O2.CBr4/c1-19(2,3)24-18(23)22-14-11-20(12-15-22)10-13-21-9-8-16-6-4-5-7-17(16)21;1-4-10-16(11-5-1)19(17-12-6-2-7-13-17)18-14-8-3-9-15-18;1-2-4-14-13(3-1)5-8-17(14)12-11-16-9-6-15-7-10-16;1-11(2,3)16-10(15)14-8-6-13(5-4-12)7-9-14;1-11(2,3)16-10(15)13-6-4-12(5-7-13)8-9-14;1-2-4-8-7(3-1)5-6-9-8;3-2(4,5)1(6)7;2-1(3,4)5/h4-7H,8-15H2,1-3H3;1-15H;1-4,15H,5-12H2;4-9H2,1-3H3;14H,4-9H2,1-3H3;1-4,9H,5-6H2;(H,6,7);. The number of β-amino-alcohol motifs (C(OH)–C–C–N with tert-alkyl or cyclic N) is 1. The molecule has 624 valence electrons. The van der Waals surface area contributed by atoms with Crippen LogP contribution in [0.25, 0.3) is 0 Å². The maximum absolute atomic E-state index is 12.1. The number of anilines is 3. The second-order valence-corrected chi connectivity index (χ2v) is 44.7. The summed E-state index contributed by atoms with van der Waals surface area (Å²) < 4.78 is 47.6. The summed E-state index contributed by atoms with van der Waals surface area (Å²) in [4.78, 5) is 64.3. The third-order valence-electron chi connectivity index (χ3n) is 18.5. The van der Waals surface area contributed by atoms with Crippen molar-refractivity contribution in [3.63, 3.8) is 0 Å². The van der Waals surface area contributed by atoms with Gasteiger partial charge in [0.1, 0.15) is 16.8 Å². The van der Waals surface area contributed by atoms with Gasteiger partial charge in [-0.2, -0.15) is 13.2 Å². The number of hydrogen-bond donors (Lipinski definition) is 4. The maximum Gasteiger partial charge on any atom is 0.490 e. The molecule has 7 aliphatic heterocycles. The molecule has 13 rings (SSSR count). The molecule has 7 heterocycles. The quantitative estimate of drug-likeness (QED) is 0.0485. The Hall–Kier alpha value is -5.62. The molecule has 0 unspecified atom stereocenters. The summed E-state index contributed by atoms with van der Waals surface area (Å²) in [5.41, 5.74) is 7.36. The second-order valence-electron chi connectivity index (χ2n) is 30.6. The summed E-state index contributed by atoms with van der Waals surface area (Å²) in [6.45, 7) is 41.3. The summed E-state index contributed by atoms with van der Waals surface area (Å²) >= 11 is 15.9. The van der Waals surface area contributed by atoms with Crippen LogP contribution in [-0.2, 0) is 38.3 Å². The zero-order valence-corrected chi connectivity index (χ0v) is 75.9. The third-order valence-corrected chi connectivity index (χ3v) is 21.2. The third kappa shape index (κ3) is 38.1. The molecule has 0 aromatic heterocycles. The van der Waals surface area contributed by atoms with Crippen LogP contribution in [0.1, 0.15) is 79.0 Å². The molecule has 0 atom stereocenters. The predicted molar refractivity (Wildman–Crippen MR) is 474 cm³/mol. The summed E-state index contributed by atoms with van der Waals surface area (Å²) in [5, 5.41) is 27.8. The van der Waals surface area contributed by atoms with Crippen molar-refractivity contribution in [3.05, 3.63) is 180 Å². The molecule has 20 nitrogen and oxygen atoms in total. The van der Waals surface area contributed by atoms with Gasteiger partial charge in [-0.3, -0.25) is 19.6 Å². The van der Waals surface area contributed by atoms with Crippen molar-refractivity contribution in [2.24, 2.45) is 0 Å². The molecule has 6 aromatic rings. The van der Waals surface area contributed by atoms with Gasteiger partial charge in [0.2, 0.25) is 0 Å². The Morgan fingerprint density at radius 2 is 0.717 bits per heavy atom. The van der Waals surface area contributed by atoms with Crippen LogP contribution in [0.5, 0.6) is 0 Å². The fraction of sp³-hybridized carbons (Fsp3) is 0.524. The van der Waals surface area contributed by atoms with Crippen molar-refractivity contribution >= 4 is 145 Å². The number of carboxylic acid groups (broad SMARTS) is 1. The number of para-hydroxylation sites is 3. The smallest absolute Gasteiger partial charge is 0.475 e. The number of alkyl halides is 8. The van der Waals surface area contributed by atoms with E-state index in [4.69, 9.17) is 29.2 Å². The van der Waals surface area contributed by atoms with E-state index in [9.17, 15) is 27.6 Å². The van der Waals surface area contributed by atoms with Gasteiger partial charge >= 0.3 is 30.4 Å². The van der Waals surface area contributed by atoms with Gasteiger partial charge in [-0.15, -0.1) is 0 Å². The average molecular weight is 1910 g/mol. The molecule has 7 aliphatic rings. The van der Waals surface area contributed by atoms with Crippen LogP contribution in [0.15, 0.2) is 164 Å². The molecule has 4 N–H and O–H groups in total. The number of ether oxygens (including phenoxy) is 3. The number of amides is 3. The lowest BCUT2D eigenvalue weighted by Gasteiger charge is -2.36. The van der Waals surface area contributed by atoms with E-state index in [0.29, 0.717) is 19.6 Å². The highest BCUT2D eigenvalue weighted by Crippen LogP contribution is 2.39. The number of fused-ring (bicyclic) bond motifs is 3. The highest BCUT2D eigenvalue weighted by molar-refractivity contribution is 9.52. The number of halogens is 8. The maximum atomic E-state index is 12.1. The number of aliphatic carboxylic acids is 1. The van der Waals surface area contributed by atoms with Crippen LogP contribution < -0.4 is 36.3 Å². The predicted octanol–water partition coefficient (Wildman–Crippen LogP) is 14.9. The number of benzene rings is 6. The highest BCUT2D eigenvalue weighted by atomic mass is 80.0. The molecular formula is C84H118Br5F3N11O9P. The summed E-state index contributed by atoms with van der Waals surface area (Å²) in [7, 11) is -0.446. The molecular weight excluding hydrogens is 1790 g/mol. The lowest BCUT2D eigenvalue weighted by atomic mass is 10.2. The van der Waals surface area contributed by atoms with Crippen LogP contribution in [0.2, 0.25) is 0 Å². The molecule has 113 heavy (non-hydrogen) atoms. The lowest BCUT2D eigenvalue weighted by molar-refractivity contribution is -0.192. The van der Waals surface area contributed by atoms with Crippen molar-refractivity contribution in [3.8, 4) is 0 Å². The minimum Gasteiger partial charge on any atom is -0.475 e. The first-order valence-corrected chi connectivity index (χ1v) is 44.4. The average Bonchev–Trinajstić information content (AvgIpc) is 1.80. The van der Waals surface area contributed by atoms with E-state index in [1.165, 1.54) is 95.2 Å². The van der Waals surface area contributed by atoms with E-state index in [2.05, 4.69) is 283 Å². The van der Waals surface area contributed by atoms with Crippen molar-refractivity contribution in [1.29, 1.82) is 0 Å². The van der Waals surface area contributed by atoms with Crippen LogP contribution in [0.3, 0.4) is 0 Å². The van der Waals surface area contributed by atoms with Gasteiger partial charge in [-0.05, 0) is 204 Å². The zero-order chi connectivity index (χ0) is 82.6. The van der Waals surface area contributed by atoms with Gasteiger partial charge < -0.3 is 59.6 Å². The molecule has 4 fully saturated rings. The molecule has 0 bridgehead atoms. The number of carboxylic acids is 1. The Kier molecular flexibility index (Phi) is 41.7. The number of aliphatic hydroxyl groups excluding tert-OH is 1. The number of carbonyl (C=O) groups excluding carboxylic acids is 3. The number of aliphatic hydroxyl groups is 1. The van der Waals surface area contributed by atoms with Crippen molar-refractivity contribution in [1.82, 2.24) is 39.6 Å². The van der Waals surface area contributed by atoms with Crippen molar-refractivity contribution in [2.45, 2.75) is 106 Å². The molecule has 3 amide bonds. The monoisotopic (exact) mass is 1910 g/mol. The number of piperazine rings is 4. The molecule has 4 saturated heterocycles. The molecule has 0 aliphatic carbocycles. The van der Waals surface area contributed by atoms with Gasteiger partial charge in [0, 0.05) is 186 Å². The fourth-order valence-electron chi connectivity index (χ4n) is 12.9. The van der Waals surface area contributed by atoms with E-state index < -0.39 is 36.9 Å². The number of nitrogens with zero attached hydrogens (tertiary/aromatic N) is 9. The molecule has 0 saturated carbocycles. The van der Waals surface area contributed by atoms with Crippen molar-refractivity contribution < 1.29 is 56.8 Å². The summed E-state index contributed by atoms with van der Waals surface area (Å²) in [6.07, 6.45) is -2.13. The van der Waals surface area contributed by atoms with Crippen LogP contribution in [0.4, 0.5) is 44.6 Å². The molecule has 0 spiro atoms. The van der Waals surface area contributed by atoms with Gasteiger partial charge in [-0.1, -0.05) is 162 Å². The van der Waals surface area contributed by atoms with Crippen LogP contribution in [0, 0.1) is 0 Å². The SMILES string of the molecule is BrC(Br)(Br)Br.CC(C)(C)OC(=O)N1CCN(CCBr)CC1.CC(C)(C)OC(=O)N1CCN(CCN2CCc3ccccc32)CC1.CC(C)(C)OC(=O)N1CCN(CCO)CC1.O=C(O)C(F)(F)F.c1ccc(P(c2ccccc2)c2ccccc2)cc1.c1ccc2c(c1)CCN2.c1ccc2c(c1)CCN2CCN1CCNCC1. The highest BCUT2D eigenvalue weighted by Gasteiger charge is 2.38. The number of nitrogens with one attached hydrogen (secondary N) is 2. The number of carbonyl (C=O) groups is 4. The first-order valence-electron chi connectivity index (χ1n) is 38.8. The van der Waals surface area contributed by atoms with E-state index >= 15 is 0 Å². The first-order chi connectivity index (χ1) is 53.6. The normalized spacial score (nSPS) is 16.5. The Labute approximate surface area is 712 Å². The Balaban J connectivity index is 0.000000208. The van der Waals surface area contributed by atoms with Gasteiger partial charge in [0.25, 0.3) is 0 Å². The minimum absolute atomic E-state index is 0.173. The largest absolute Gasteiger partial charge is 0.490 e. The first kappa shape index (κ1) is 96.2. The molecule has 0 radical (unpaired) electrons. The molecule has 29 heteroatoms. The van der Waals surface area contributed by atoms with E-state index in [-0.39, 0.29) is 25.9 Å².